The summed E-state index contributed by atoms with van der Waals surface area (Å²) in [6, 6.07) is 7.91. The van der Waals surface area contributed by atoms with Crippen molar-refractivity contribution in [2.75, 3.05) is 30.9 Å². The standard InChI is InChI=1S/C18H19ClN4O4S/c1-12-10-13(2-3-15(12)21-28(26)27)17(24)22-6-8-23(9-7-22)18(25)16-11-14(19)4-5-20-16/h2-5,10-11,21H,6-9H2,1H3,(H,26,27)/p-1. The van der Waals surface area contributed by atoms with Crippen LogP contribution in [0, 0.1) is 6.92 Å². The van der Waals surface area contributed by atoms with Crippen molar-refractivity contribution in [1.82, 2.24) is 14.8 Å². The third-order valence-corrected chi connectivity index (χ3v) is 5.08. The van der Waals surface area contributed by atoms with Gasteiger partial charge in [-0.1, -0.05) is 11.6 Å². The number of nitrogens with zero attached hydrogens (tertiary/aromatic N) is 3. The van der Waals surface area contributed by atoms with E-state index in [9.17, 15) is 18.4 Å². The normalized spacial score (nSPS) is 15.2. The lowest BCUT2D eigenvalue weighted by molar-refractivity contribution is 0.0532. The number of piperazine rings is 1. The first kappa shape index (κ1) is 20.2. The van der Waals surface area contributed by atoms with Gasteiger partial charge in [0.15, 0.2) is 0 Å². The topological polar surface area (TPSA) is 106 Å². The molecule has 1 unspecified atom stereocenters. The van der Waals surface area contributed by atoms with E-state index >= 15 is 0 Å². The molecule has 1 aliphatic rings. The first-order valence-corrected chi connectivity index (χ1v) is 9.97. The Morgan fingerprint density at radius 3 is 2.32 bits per heavy atom. The van der Waals surface area contributed by atoms with Gasteiger partial charge < -0.3 is 19.1 Å². The van der Waals surface area contributed by atoms with Crippen molar-refractivity contribution < 1.29 is 18.4 Å². The molecule has 8 nitrogen and oxygen atoms in total. The summed E-state index contributed by atoms with van der Waals surface area (Å²) in [5, 5.41) is 0.446. The SMILES string of the molecule is Cc1cc(C(=O)N2CCN(C(=O)c3cc(Cl)ccn3)CC2)ccc1NS(=O)[O-]. The smallest absolute Gasteiger partial charge is 0.272 e. The van der Waals surface area contributed by atoms with Crippen LogP contribution in [0.3, 0.4) is 0 Å². The molecule has 1 aliphatic heterocycles. The van der Waals surface area contributed by atoms with Crippen LogP contribution in [0.4, 0.5) is 5.69 Å². The Balaban J connectivity index is 1.63. The third-order valence-electron chi connectivity index (χ3n) is 4.46. The highest BCUT2D eigenvalue weighted by Crippen LogP contribution is 2.19. The summed E-state index contributed by atoms with van der Waals surface area (Å²) in [4.78, 5) is 32.6. The van der Waals surface area contributed by atoms with Gasteiger partial charge in [0.25, 0.3) is 11.8 Å². The molecule has 2 amide bonds. The van der Waals surface area contributed by atoms with Gasteiger partial charge in [-0.15, -0.1) is 0 Å². The summed E-state index contributed by atoms with van der Waals surface area (Å²) in [6.07, 6.45) is 1.48. The van der Waals surface area contributed by atoms with Gasteiger partial charge in [-0.2, -0.15) is 0 Å². The fourth-order valence-corrected chi connectivity index (χ4v) is 3.55. The van der Waals surface area contributed by atoms with Gasteiger partial charge >= 0.3 is 0 Å². The number of carbonyl (C=O) groups is 2. The van der Waals surface area contributed by atoms with Crippen molar-refractivity contribution in [1.29, 1.82) is 0 Å². The number of carbonyl (C=O) groups excluding carboxylic acids is 2. The molecule has 148 valence electrons. The van der Waals surface area contributed by atoms with Crippen molar-refractivity contribution in [3.63, 3.8) is 0 Å². The lowest BCUT2D eigenvalue weighted by Gasteiger charge is -2.34. The van der Waals surface area contributed by atoms with Gasteiger partial charge in [0.05, 0.1) is 0 Å². The largest absolute Gasteiger partial charge is 0.755 e. The van der Waals surface area contributed by atoms with Gasteiger partial charge in [-0.25, -0.2) is 0 Å². The monoisotopic (exact) mass is 421 g/mol. The lowest BCUT2D eigenvalue weighted by Crippen LogP contribution is -2.50. The molecule has 28 heavy (non-hydrogen) atoms. The van der Waals surface area contributed by atoms with E-state index in [-0.39, 0.29) is 17.5 Å². The highest BCUT2D eigenvalue weighted by atomic mass is 35.5. The fourth-order valence-electron chi connectivity index (χ4n) is 2.98. The van der Waals surface area contributed by atoms with Crippen molar-refractivity contribution in [2.45, 2.75) is 6.92 Å². The number of halogens is 1. The number of benzene rings is 1. The van der Waals surface area contributed by atoms with Gasteiger partial charge in [0, 0.05) is 59.9 Å². The van der Waals surface area contributed by atoms with E-state index in [1.54, 1.807) is 41.0 Å². The van der Waals surface area contributed by atoms with E-state index in [1.165, 1.54) is 12.3 Å². The molecule has 1 atom stereocenters. The number of aryl methyl sites for hydroxylation is 1. The minimum absolute atomic E-state index is 0.161. The highest BCUT2D eigenvalue weighted by molar-refractivity contribution is 7.80. The maximum Gasteiger partial charge on any atom is 0.272 e. The molecule has 0 saturated carbocycles. The summed E-state index contributed by atoms with van der Waals surface area (Å²) in [6.45, 7) is 3.31. The first-order chi connectivity index (χ1) is 13.3. The van der Waals surface area contributed by atoms with Crippen LogP contribution in [0.5, 0.6) is 0 Å². The number of aromatic nitrogens is 1. The quantitative estimate of drug-likeness (QED) is 0.758. The van der Waals surface area contributed by atoms with E-state index in [2.05, 4.69) is 9.71 Å². The van der Waals surface area contributed by atoms with Gasteiger partial charge in [0.2, 0.25) is 0 Å². The van der Waals surface area contributed by atoms with Gasteiger partial charge in [-0.3, -0.25) is 18.8 Å². The van der Waals surface area contributed by atoms with Crippen LogP contribution in [0.25, 0.3) is 0 Å². The Morgan fingerprint density at radius 2 is 1.75 bits per heavy atom. The molecule has 10 heteroatoms. The minimum atomic E-state index is -2.42. The lowest BCUT2D eigenvalue weighted by atomic mass is 10.1. The Morgan fingerprint density at radius 1 is 1.11 bits per heavy atom. The predicted octanol–water partition coefficient (Wildman–Crippen LogP) is 1.85. The Bertz CT molecular complexity index is 932. The Kier molecular flexibility index (Phi) is 6.28. The number of anilines is 1. The zero-order chi connectivity index (χ0) is 20.3. The summed E-state index contributed by atoms with van der Waals surface area (Å²) in [7, 11) is 0. The molecule has 2 heterocycles. The molecule has 1 aromatic heterocycles. The van der Waals surface area contributed by atoms with Gasteiger partial charge in [-0.05, 0) is 42.8 Å². The molecule has 0 aliphatic carbocycles. The molecule has 1 aromatic carbocycles. The van der Waals surface area contributed by atoms with Crippen molar-refractivity contribution in [3.05, 3.63) is 58.4 Å². The van der Waals surface area contributed by atoms with Crippen LogP contribution in [0.2, 0.25) is 5.02 Å². The molecule has 0 spiro atoms. The second-order valence-corrected chi connectivity index (χ2v) is 7.42. The molecule has 1 N–H and O–H groups in total. The van der Waals surface area contributed by atoms with Crippen LogP contribution >= 0.6 is 11.6 Å². The summed E-state index contributed by atoms with van der Waals surface area (Å²) < 4.78 is 23.8. The van der Waals surface area contributed by atoms with Crippen molar-refractivity contribution >= 4 is 40.4 Å². The summed E-state index contributed by atoms with van der Waals surface area (Å²) >= 11 is 3.49. The molecule has 0 bridgehead atoms. The van der Waals surface area contributed by atoms with E-state index in [0.29, 0.717) is 48.0 Å². The molecular weight excluding hydrogens is 404 g/mol. The molecule has 1 saturated heterocycles. The average molecular weight is 422 g/mol. The molecule has 0 radical (unpaired) electrons. The van der Waals surface area contributed by atoms with Crippen LogP contribution < -0.4 is 4.72 Å². The number of amides is 2. The molecule has 2 aromatic rings. The zero-order valence-corrected chi connectivity index (χ0v) is 16.6. The molecule has 3 rings (SSSR count). The average Bonchev–Trinajstić information content (AvgIpc) is 2.68. The van der Waals surface area contributed by atoms with Gasteiger partial charge in [0.1, 0.15) is 5.69 Å². The number of pyridine rings is 1. The number of rotatable bonds is 4. The van der Waals surface area contributed by atoms with E-state index in [1.807, 2.05) is 0 Å². The first-order valence-electron chi connectivity index (χ1n) is 8.52. The minimum Gasteiger partial charge on any atom is -0.755 e. The number of hydrogen-bond donors (Lipinski definition) is 1. The fraction of sp³-hybridized carbons (Fsp3) is 0.278. The Labute approximate surface area is 169 Å². The number of hydrogen-bond acceptors (Lipinski definition) is 5. The summed E-state index contributed by atoms with van der Waals surface area (Å²) in [5.41, 5.74) is 1.82. The maximum absolute atomic E-state index is 12.7. The third kappa shape index (κ3) is 4.67. The van der Waals surface area contributed by atoms with E-state index in [4.69, 9.17) is 11.6 Å². The second-order valence-electron chi connectivity index (χ2n) is 6.31. The van der Waals surface area contributed by atoms with E-state index < -0.39 is 11.3 Å². The zero-order valence-electron chi connectivity index (χ0n) is 15.1. The summed E-state index contributed by atoms with van der Waals surface area (Å²) in [5.74, 6) is -0.377. The maximum atomic E-state index is 12.7. The van der Waals surface area contributed by atoms with Crippen LogP contribution in [0.1, 0.15) is 26.4 Å². The second kappa shape index (κ2) is 8.68. The van der Waals surface area contributed by atoms with Crippen molar-refractivity contribution in [2.24, 2.45) is 0 Å². The highest BCUT2D eigenvalue weighted by Gasteiger charge is 2.26. The van der Waals surface area contributed by atoms with Crippen LogP contribution in [0.15, 0.2) is 36.5 Å². The van der Waals surface area contributed by atoms with E-state index in [0.717, 1.165) is 0 Å². The van der Waals surface area contributed by atoms with Crippen LogP contribution in [-0.2, 0) is 11.3 Å². The predicted molar refractivity (Wildman–Crippen MR) is 105 cm³/mol. The number of nitrogens with one attached hydrogen (secondary N) is 1. The van der Waals surface area contributed by atoms with Crippen LogP contribution in [-0.4, -0.2) is 61.5 Å². The Hall–Kier alpha value is -2.49. The molecular formula is C18H18ClN4O4S-. The van der Waals surface area contributed by atoms with Crippen molar-refractivity contribution in [3.8, 4) is 0 Å². The molecule has 1 fully saturated rings.